The van der Waals surface area contributed by atoms with Gasteiger partial charge >= 0.3 is 5.97 Å². The summed E-state index contributed by atoms with van der Waals surface area (Å²) in [7, 11) is 0. The summed E-state index contributed by atoms with van der Waals surface area (Å²) in [4.78, 5) is 49.4. The highest BCUT2D eigenvalue weighted by molar-refractivity contribution is 6.04. The molecule has 0 radical (unpaired) electrons. The molecule has 1 aromatic carbocycles. The third-order valence-corrected chi connectivity index (χ3v) is 7.10. The van der Waals surface area contributed by atoms with E-state index >= 15 is 0 Å². The monoisotopic (exact) mass is 466 g/mol. The van der Waals surface area contributed by atoms with Crippen LogP contribution in [0.3, 0.4) is 0 Å². The summed E-state index contributed by atoms with van der Waals surface area (Å²) >= 11 is 0. The lowest BCUT2D eigenvalue weighted by Crippen LogP contribution is -2.52. The highest BCUT2D eigenvalue weighted by Gasteiger charge is 2.45. The van der Waals surface area contributed by atoms with E-state index in [9.17, 15) is 14.4 Å². The number of para-hydroxylation sites is 1. The van der Waals surface area contributed by atoms with Gasteiger partial charge in [-0.25, -0.2) is 4.79 Å². The number of ether oxygens (including phenoxy) is 1. The number of carbonyl (C=O) groups excluding carboxylic acids is 3. The van der Waals surface area contributed by atoms with Gasteiger partial charge in [0.1, 0.15) is 5.69 Å². The average molecular weight is 467 g/mol. The van der Waals surface area contributed by atoms with Crippen LogP contribution in [-0.2, 0) is 14.3 Å². The number of amides is 2. The predicted octanol–water partition coefficient (Wildman–Crippen LogP) is 1.68. The molecule has 2 atom stereocenters. The minimum atomic E-state index is -0.424. The first kappa shape index (κ1) is 22.2. The van der Waals surface area contributed by atoms with Crippen molar-refractivity contribution >= 4 is 40.3 Å². The van der Waals surface area contributed by atoms with Crippen molar-refractivity contribution in [3.8, 4) is 0 Å². The molecule has 3 aliphatic heterocycles. The van der Waals surface area contributed by atoms with Crippen molar-refractivity contribution < 1.29 is 19.1 Å². The number of fused-ring (bicyclic) bond motifs is 3. The van der Waals surface area contributed by atoms with Gasteiger partial charge in [0, 0.05) is 29.9 Å². The van der Waals surface area contributed by atoms with Crippen LogP contribution in [0.25, 0.3) is 10.9 Å². The van der Waals surface area contributed by atoms with E-state index in [2.05, 4.69) is 15.3 Å². The minimum absolute atomic E-state index is 0.0558. The number of rotatable bonds is 6. The molecule has 2 saturated heterocycles. The molecule has 3 aliphatic rings. The van der Waals surface area contributed by atoms with E-state index in [1.165, 1.54) is 0 Å². The van der Waals surface area contributed by atoms with Crippen molar-refractivity contribution in [2.24, 2.45) is 16.6 Å². The number of benzene rings is 1. The van der Waals surface area contributed by atoms with E-state index < -0.39 is 5.97 Å². The predicted molar refractivity (Wildman–Crippen MR) is 127 cm³/mol. The molecule has 2 unspecified atom stereocenters. The standard InChI is InChI=1S/C24H30N6O4/c1-2-34-23(33)19-12-14-4-3-5-18(21(14)27-19)28-22(32)15-10-16-6-7-17(11-15)30(16)20(31)13-29-9-8-26-24(29)25/h3-5,12,15-17,27H,2,6-11,13H2,1H3,(H2,25,26)(H,28,32). The van der Waals surface area contributed by atoms with Crippen LogP contribution in [0.15, 0.2) is 29.3 Å². The number of H-pyrrole nitrogens is 1. The number of hydrogen-bond acceptors (Lipinski definition) is 7. The Morgan fingerprint density at radius 1 is 1.24 bits per heavy atom. The minimum Gasteiger partial charge on any atom is -0.461 e. The first-order valence-electron chi connectivity index (χ1n) is 11.9. The van der Waals surface area contributed by atoms with Crippen LogP contribution in [0.4, 0.5) is 5.69 Å². The summed E-state index contributed by atoms with van der Waals surface area (Å²) in [5, 5.41) is 3.88. The van der Waals surface area contributed by atoms with E-state index in [-0.39, 0.29) is 36.4 Å². The summed E-state index contributed by atoms with van der Waals surface area (Å²) in [5.41, 5.74) is 7.55. The molecule has 10 heteroatoms. The van der Waals surface area contributed by atoms with Gasteiger partial charge in [0.25, 0.3) is 0 Å². The average Bonchev–Trinajstić information content (AvgIpc) is 3.50. The number of carbonyl (C=O) groups is 3. The molecule has 2 bridgehead atoms. The zero-order valence-electron chi connectivity index (χ0n) is 19.3. The Bertz CT molecular complexity index is 1140. The molecule has 4 N–H and O–H groups in total. The fraction of sp³-hybridized carbons (Fsp3) is 0.500. The number of anilines is 1. The van der Waals surface area contributed by atoms with Crippen LogP contribution >= 0.6 is 0 Å². The SMILES string of the molecule is CCOC(=O)c1cc2cccc(NC(=O)C3CC4CCC(C3)N4C(=O)CN3CCN=C3N)c2[nH]1. The molecule has 0 spiro atoms. The number of guanidine groups is 1. The van der Waals surface area contributed by atoms with Gasteiger partial charge in [-0.05, 0) is 44.7 Å². The first-order valence-corrected chi connectivity index (χ1v) is 11.9. The van der Waals surface area contributed by atoms with Gasteiger partial charge in [0.2, 0.25) is 11.8 Å². The highest BCUT2D eigenvalue weighted by Crippen LogP contribution is 2.39. The Morgan fingerprint density at radius 2 is 2.00 bits per heavy atom. The number of esters is 1. The molecule has 2 amide bonds. The summed E-state index contributed by atoms with van der Waals surface area (Å²) in [6, 6.07) is 7.41. The number of piperidine rings is 1. The maximum Gasteiger partial charge on any atom is 0.354 e. The van der Waals surface area contributed by atoms with Gasteiger partial charge in [-0.2, -0.15) is 0 Å². The second-order valence-electron chi connectivity index (χ2n) is 9.18. The molecule has 2 aromatic rings. The Balaban J connectivity index is 1.25. The van der Waals surface area contributed by atoms with Gasteiger partial charge in [-0.3, -0.25) is 14.6 Å². The molecule has 34 heavy (non-hydrogen) atoms. The van der Waals surface area contributed by atoms with Crippen molar-refractivity contribution in [3.05, 3.63) is 30.0 Å². The van der Waals surface area contributed by atoms with Crippen LogP contribution < -0.4 is 11.1 Å². The normalized spacial score (nSPS) is 23.8. The van der Waals surface area contributed by atoms with Crippen molar-refractivity contribution in [1.82, 2.24) is 14.8 Å². The number of nitrogens with one attached hydrogen (secondary N) is 2. The summed E-state index contributed by atoms with van der Waals surface area (Å²) < 4.78 is 5.07. The molecule has 0 saturated carbocycles. The van der Waals surface area contributed by atoms with Crippen LogP contribution in [0.1, 0.15) is 43.1 Å². The number of aromatic amines is 1. The van der Waals surface area contributed by atoms with Crippen molar-refractivity contribution in [3.63, 3.8) is 0 Å². The molecule has 0 aliphatic carbocycles. The number of nitrogens with two attached hydrogens (primary N) is 1. The lowest BCUT2D eigenvalue weighted by Gasteiger charge is -2.39. The molecule has 10 nitrogen and oxygen atoms in total. The van der Waals surface area contributed by atoms with Gasteiger partial charge in [0.05, 0.1) is 30.9 Å². The molecular weight excluding hydrogens is 436 g/mol. The maximum atomic E-state index is 13.2. The van der Waals surface area contributed by atoms with Gasteiger partial charge in [0.15, 0.2) is 5.96 Å². The van der Waals surface area contributed by atoms with Gasteiger partial charge in [-0.1, -0.05) is 12.1 Å². The quantitative estimate of drug-likeness (QED) is 0.555. The van der Waals surface area contributed by atoms with Gasteiger partial charge in [-0.15, -0.1) is 0 Å². The summed E-state index contributed by atoms with van der Waals surface area (Å²) in [6.45, 7) is 3.60. The Morgan fingerprint density at radius 3 is 2.68 bits per heavy atom. The largest absolute Gasteiger partial charge is 0.461 e. The lowest BCUT2D eigenvalue weighted by atomic mass is 9.89. The van der Waals surface area contributed by atoms with Crippen LogP contribution in [0, 0.1) is 5.92 Å². The van der Waals surface area contributed by atoms with E-state index in [0.717, 1.165) is 18.2 Å². The van der Waals surface area contributed by atoms with Crippen molar-refractivity contribution in [2.75, 3.05) is 31.6 Å². The maximum absolute atomic E-state index is 13.2. The third-order valence-electron chi connectivity index (χ3n) is 7.10. The lowest BCUT2D eigenvalue weighted by molar-refractivity contribution is -0.138. The summed E-state index contributed by atoms with van der Waals surface area (Å²) in [6.07, 6.45) is 3.12. The van der Waals surface area contributed by atoms with E-state index in [1.807, 2.05) is 28.0 Å². The number of aliphatic imine (C=N–C) groups is 1. The fourth-order valence-corrected chi connectivity index (χ4v) is 5.52. The van der Waals surface area contributed by atoms with Crippen molar-refractivity contribution in [1.29, 1.82) is 0 Å². The fourth-order valence-electron chi connectivity index (χ4n) is 5.52. The van der Waals surface area contributed by atoms with E-state index in [0.29, 0.717) is 55.4 Å². The van der Waals surface area contributed by atoms with Crippen LogP contribution in [0.2, 0.25) is 0 Å². The van der Waals surface area contributed by atoms with Crippen LogP contribution in [-0.4, -0.2) is 76.9 Å². The topological polar surface area (TPSA) is 133 Å². The molecule has 5 rings (SSSR count). The Labute approximate surface area is 197 Å². The Hall–Kier alpha value is -3.56. The second-order valence-corrected chi connectivity index (χ2v) is 9.18. The molecule has 1 aromatic heterocycles. The van der Waals surface area contributed by atoms with E-state index in [4.69, 9.17) is 10.5 Å². The highest BCUT2D eigenvalue weighted by atomic mass is 16.5. The van der Waals surface area contributed by atoms with Crippen LogP contribution in [0.5, 0.6) is 0 Å². The summed E-state index contributed by atoms with van der Waals surface area (Å²) in [5.74, 6) is -0.158. The number of aromatic nitrogens is 1. The Kier molecular flexibility index (Phi) is 5.89. The molecular formula is C24H30N6O4. The molecule has 2 fully saturated rings. The second kappa shape index (κ2) is 9.00. The molecule has 180 valence electrons. The first-order chi connectivity index (χ1) is 16.4. The molecule has 4 heterocycles. The van der Waals surface area contributed by atoms with Crippen molar-refractivity contribution in [2.45, 2.75) is 44.7 Å². The van der Waals surface area contributed by atoms with E-state index in [1.54, 1.807) is 13.0 Å². The zero-order valence-corrected chi connectivity index (χ0v) is 19.3. The third kappa shape index (κ3) is 4.08. The number of nitrogens with zero attached hydrogens (tertiary/aromatic N) is 3. The smallest absolute Gasteiger partial charge is 0.354 e. The zero-order chi connectivity index (χ0) is 23.8. The number of hydrogen-bond donors (Lipinski definition) is 3. The van der Waals surface area contributed by atoms with Gasteiger partial charge < -0.3 is 30.6 Å².